The Kier molecular flexibility index (Phi) is 6.65. The number of fused-ring (bicyclic) bond motifs is 1. The SMILES string of the molecule is O=C(NCCF)C1CCC(Oc2ccc(-c3ccc(-c4nc5ccc(F)cc5[nH]4)cn3)cn2)CC1. The van der Waals surface area contributed by atoms with Gasteiger partial charge < -0.3 is 15.0 Å². The zero-order valence-electron chi connectivity index (χ0n) is 19.0. The predicted molar refractivity (Wildman–Crippen MR) is 128 cm³/mol. The molecule has 0 spiro atoms. The van der Waals surface area contributed by atoms with Crippen molar-refractivity contribution in [2.24, 2.45) is 5.92 Å². The van der Waals surface area contributed by atoms with Crippen LogP contribution in [-0.4, -0.2) is 45.2 Å². The minimum atomic E-state index is -0.547. The lowest BCUT2D eigenvalue weighted by molar-refractivity contribution is -0.126. The Morgan fingerprint density at radius 2 is 1.83 bits per heavy atom. The molecule has 180 valence electrons. The van der Waals surface area contributed by atoms with Crippen LogP contribution in [0.4, 0.5) is 8.78 Å². The molecule has 0 bridgehead atoms. The molecule has 1 aliphatic rings. The van der Waals surface area contributed by atoms with E-state index in [0.29, 0.717) is 22.7 Å². The number of aromatic nitrogens is 4. The van der Waals surface area contributed by atoms with Gasteiger partial charge in [0, 0.05) is 42.0 Å². The number of rotatable bonds is 7. The van der Waals surface area contributed by atoms with Crippen LogP contribution in [0.5, 0.6) is 5.88 Å². The topological polar surface area (TPSA) is 92.8 Å². The Labute approximate surface area is 201 Å². The summed E-state index contributed by atoms with van der Waals surface area (Å²) < 4.78 is 31.7. The second kappa shape index (κ2) is 10.2. The Balaban J connectivity index is 1.19. The van der Waals surface area contributed by atoms with Crippen LogP contribution in [0.2, 0.25) is 0 Å². The molecule has 3 aromatic heterocycles. The molecule has 1 aliphatic carbocycles. The van der Waals surface area contributed by atoms with E-state index in [1.807, 2.05) is 24.3 Å². The molecule has 9 heteroatoms. The minimum absolute atomic E-state index is 0.00766. The summed E-state index contributed by atoms with van der Waals surface area (Å²) >= 11 is 0. The summed E-state index contributed by atoms with van der Waals surface area (Å²) in [5.41, 5.74) is 3.74. The van der Waals surface area contributed by atoms with Crippen molar-refractivity contribution >= 4 is 16.9 Å². The molecule has 0 radical (unpaired) electrons. The molecular formula is C26H25F2N5O2. The van der Waals surface area contributed by atoms with Gasteiger partial charge in [0.25, 0.3) is 0 Å². The summed E-state index contributed by atoms with van der Waals surface area (Å²) in [6.45, 7) is -0.473. The third-order valence-corrected chi connectivity index (χ3v) is 6.24. The second-order valence-corrected chi connectivity index (χ2v) is 8.64. The van der Waals surface area contributed by atoms with Crippen molar-refractivity contribution in [2.75, 3.05) is 13.2 Å². The second-order valence-electron chi connectivity index (χ2n) is 8.64. The van der Waals surface area contributed by atoms with Gasteiger partial charge in [-0.3, -0.25) is 9.78 Å². The number of ether oxygens (including phenoxy) is 1. The van der Waals surface area contributed by atoms with Crippen LogP contribution in [0.15, 0.2) is 54.9 Å². The number of carbonyl (C=O) groups excluding carboxylic acids is 1. The van der Waals surface area contributed by atoms with E-state index in [2.05, 4.69) is 25.3 Å². The third-order valence-electron chi connectivity index (χ3n) is 6.24. The first-order chi connectivity index (χ1) is 17.1. The molecule has 7 nitrogen and oxygen atoms in total. The number of aromatic amines is 1. The smallest absolute Gasteiger partial charge is 0.223 e. The van der Waals surface area contributed by atoms with E-state index < -0.39 is 6.67 Å². The quantitative estimate of drug-likeness (QED) is 0.397. The lowest BCUT2D eigenvalue weighted by atomic mass is 9.87. The van der Waals surface area contributed by atoms with E-state index in [9.17, 15) is 13.6 Å². The maximum atomic E-state index is 13.4. The largest absolute Gasteiger partial charge is 0.474 e. The number of nitrogens with zero attached hydrogens (tertiary/aromatic N) is 3. The Bertz CT molecular complexity index is 1300. The van der Waals surface area contributed by atoms with Crippen molar-refractivity contribution in [1.29, 1.82) is 0 Å². The van der Waals surface area contributed by atoms with Gasteiger partial charge in [0.05, 0.1) is 16.7 Å². The molecule has 4 aromatic rings. The lowest BCUT2D eigenvalue weighted by Crippen LogP contribution is -2.36. The standard InChI is InChI=1S/C26H25F2N5O2/c27-11-12-29-26(34)16-1-6-20(7-2-16)35-24-10-4-17(14-31-24)21-8-3-18(15-30-21)25-32-22-9-5-19(28)13-23(22)33-25/h3-5,8-10,13-16,20H,1-2,6-7,11-12H2,(H,29,34)(H,32,33). The molecule has 35 heavy (non-hydrogen) atoms. The van der Waals surface area contributed by atoms with Gasteiger partial charge >= 0.3 is 0 Å². The highest BCUT2D eigenvalue weighted by Crippen LogP contribution is 2.28. The molecule has 0 atom stereocenters. The lowest BCUT2D eigenvalue weighted by Gasteiger charge is -2.27. The number of nitrogens with one attached hydrogen (secondary N) is 2. The average molecular weight is 478 g/mol. The average Bonchev–Trinajstić information content (AvgIpc) is 3.31. The summed E-state index contributed by atoms with van der Waals surface area (Å²) in [6, 6.07) is 12.0. The van der Waals surface area contributed by atoms with Crippen LogP contribution in [0.25, 0.3) is 33.7 Å². The molecule has 1 amide bonds. The molecule has 2 N–H and O–H groups in total. The molecular weight excluding hydrogens is 452 g/mol. The number of alkyl halides is 1. The van der Waals surface area contributed by atoms with Crippen molar-refractivity contribution in [3.8, 4) is 28.5 Å². The summed E-state index contributed by atoms with van der Waals surface area (Å²) in [6.07, 6.45) is 6.40. The molecule has 1 aromatic carbocycles. The highest BCUT2D eigenvalue weighted by molar-refractivity contribution is 5.79. The number of pyridine rings is 2. The van der Waals surface area contributed by atoms with E-state index in [0.717, 1.165) is 42.5 Å². The first-order valence-corrected chi connectivity index (χ1v) is 11.7. The fraction of sp³-hybridized carbons (Fsp3) is 0.308. The molecule has 1 fully saturated rings. The van der Waals surface area contributed by atoms with Gasteiger partial charge in [-0.2, -0.15) is 0 Å². The van der Waals surface area contributed by atoms with Gasteiger partial charge in [0.2, 0.25) is 11.8 Å². The first kappa shape index (κ1) is 22.9. The molecule has 0 unspecified atom stereocenters. The number of hydrogen-bond acceptors (Lipinski definition) is 5. The molecule has 0 saturated heterocycles. The highest BCUT2D eigenvalue weighted by Gasteiger charge is 2.27. The number of hydrogen-bond donors (Lipinski definition) is 2. The summed E-state index contributed by atoms with van der Waals surface area (Å²) in [5, 5.41) is 2.62. The van der Waals surface area contributed by atoms with Gasteiger partial charge in [0.15, 0.2) is 0 Å². The molecule has 1 saturated carbocycles. The van der Waals surface area contributed by atoms with Crippen molar-refractivity contribution in [3.05, 3.63) is 60.7 Å². The van der Waals surface area contributed by atoms with Crippen molar-refractivity contribution < 1.29 is 18.3 Å². The van der Waals surface area contributed by atoms with Gasteiger partial charge in [-0.05, 0) is 62.1 Å². The Morgan fingerprint density at radius 1 is 1.03 bits per heavy atom. The van der Waals surface area contributed by atoms with Crippen LogP contribution < -0.4 is 10.1 Å². The fourth-order valence-corrected chi connectivity index (χ4v) is 4.35. The summed E-state index contributed by atoms with van der Waals surface area (Å²) in [7, 11) is 0. The number of amides is 1. The number of imidazole rings is 1. The van der Waals surface area contributed by atoms with Crippen LogP contribution in [0.3, 0.4) is 0 Å². The summed E-state index contributed by atoms with van der Waals surface area (Å²) in [4.78, 5) is 28.6. The van der Waals surface area contributed by atoms with Gasteiger partial charge in [-0.25, -0.2) is 18.7 Å². The number of benzene rings is 1. The maximum absolute atomic E-state index is 13.4. The maximum Gasteiger partial charge on any atom is 0.223 e. The van der Waals surface area contributed by atoms with E-state index >= 15 is 0 Å². The molecule has 0 aliphatic heterocycles. The third kappa shape index (κ3) is 5.29. The number of halogens is 2. The van der Waals surface area contributed by atoms with E-state index in [-0.39, 0.29) is 30.3 Å². The first-order valence-electron chi connectivity index (χ1n) is 11.7. The van der Waals surface area contributed by atoms with Crippen LogP contribution in [0.1, 0.15) is 25.7 Å². The van der Waals surface area contributed by atoms with E-state index in [4.69, 9.17) is 4.74 Å². The zero-order valence-corrected chi connectivity index (χ0v) is 19.0. The predicted octanol–water partition coefficient (Wildman–Crippen LogP) is 4.85. The van der Waals surface area contributed by atoms with Gasteiger partial charge in [-0.1, -0.05) is 0 Å². The van der Waals surface area contributed by atoms with Crippen molar-refractivity contribution in [1.82, 2.24) is 25.3 Å². The van der Waals surface area contributed by atoms with Crippen LogP contribution in [-0.2, 0) is 4.79 Å². The Morgan fingerprint density at radius 3 is 2.54 bits per heavy atom. The van der Waals surface area contributed by atoms with Crippen LogP contribution in [0, 0.1) is 11.7 Å². The van der Waals surface area contributed by atoms with E-state index in [1.54, 1.807) is 18.5 Å². The van der Waals surface area contributed by atoms with E-state index in [1.165, 1.54) is 12.1 Å². The van der Waals surface area contributed by atoms with Gasteiger partial charge in [-0.15, -0.1) is 0 Å². The summed E-state index contributed by atoms with van der Waals surface area (Å²) in [5.74, 6) is 0.695. The monoisotopic (exact) mass is 477 g/mol. The fourth-order valence-electron chi connectivity index (χ4n) is 4.35. The highest BCUT2D eigenvalue weighted by atomic mass is 19.1. The normalized spacial score (nSPS) is 17.9. The number of carbonyl (C=O) groups is 1. The molecule has 5 rings (SSSR count). The van der Waals surface area contributed by atoms with Crippen molar-refractivity contribution in [2.45, 2.75) is 31.8 Å². The number of H-pyrrole nitrogens is 1. The zero-order chi connectivity index (χ0) is 24.2. The van der Waals surface area contributed by atoms with Crippen LogP contribution >= 0.6 is 0 Å². The van der Waals surface area contributed by atoms with Crippen molar-refractivity contribution in [3.63, 3.8) is 0 Å². The Hall–Kier alpha value is -3.88. The molecule has 3 heterocycles. The van der Waals surface area contributed by atoms with Gasteiger partial charge in [0.1, 0.15) is 24.4 Å². The minimum Gasteiger partial charge on any atom is -0.474 e.